The predicted molar refractivity (Wildman–Crippen MR) is 101 cm³/mol. The third kappa shape index (κ3) is 6.10. The first-order valence-electron chi connectivity index (χ1n) is 9.16. The molecule has 2 heteroatoms. The zero-order valence-corrected chi connectivity index (χ0v) is 16.2. The minimum absolute atomic E-state index is 0.527. The molecule has 1 aromatic carbocycles. The lowest BCUT2D eigenvalue weighted by molar-refractivity contribution is 0.0570. The molecule has 0 radical (unpaired) electrons. The van der Waals surface area contributed by atoms with E-state index in [0.29, 0.717) is 12.1 Å². The Morgan fingerprint density at radius 2 is 1.77 bits per heavy atom. The number of hydrogen-bond donors (Lipinski definition) is 0. The third-order valence-electron chi connectivity index (χ3n) is 4.23. The van der Waals surface area contributed by atoms with Crippen LogP contribution in [0.15, 0.2) is 24.3 Å². The highest BCUT2D eigenvalue weighted by atomic mass is 15.3. The Kier molecular flexibility index (Phi) is 11.2. The molecule has 1 aliphatic rings. The molecule has 2 rings (SSSR count). The van der Waals surface area contributed by atoms with Crippen molar-refractivity contribution in [3.8, 4) is 0 Å². The van der Waals surface area contributed by atoms with Gasteiger partial charge < -0.3 is 4.90 Å². The highest BCUT2D eigenvalue weighted by molar-refractivity contribution is 5.25. The summed E-state index contributed by atoms with van der Waals surface area (Å²) in [6.07, 6.45) is 0. The van der Waals surface area contributed by atoms with Crippen LogP contribution in [0, 0.1) is 6.92 Å². The maximum atomic E-state index is 2.64. The van der Waals surface area contributed by atoms with E-state index in [1.807, 2.05) is 27.7 Å². The van der Waals surface area contributed by atoms with Gasteiger partial charge in [0.05, 0.1) is 0 Å². The zero-order chi connectivity index (χ0) is 17.1. The number of benzene rings is 1. The Balaban J connectivity index is 0.00000102. The van der Waals surface area contributed by atoms with E-state index in [4.69, 9.17) is 0 Å². The van der Waals surface area contributed by atoms with Crippen molar-refractivity contribution in [1.29, 1.82) is 0 Å². The Morgan fingerprint density at radius 3 is 2.27 bits per heavy atom. The van der Waals surface area contributed by atoms with Crippen molar-refractivity contribution in [1.82, 2.24) is 9.80 Å². The van der Waals surface area contributed by atoms with Gasteiger partial charge in [-0.1, -0.05) is 64.4 Å². The summed E-state index contributed by atoms with van der Waals surface area (Å²) in [4.78, 5) is 5.19. The maximum Gasteiger partial charge on any atom is 0.0323 e. The molecular weight excluding hydrogens is 268 g/mol. The number of piperazine rings is 1. The molecule has 1 heterocycles. The van der Waals surface area contributed by atoms with Crippen molar-refractivity contribution in [2.75, 3.05) is 26.2 Å². The molecule has 2 nitrogen and oxygen atoms in total. The van der Waals surface area contributed by atoms with Crippen LogP contribution in [0.25, 0.3) is 0 Å². The second-order valence-electron chi connectivity index (χ2n) is 5.57. The molecule has 0 unspecified atom stereocenters. The number of hydrogen-bond acceptors (Lipinski definition) is 2. The van der Waals surface area contributed by atoms with Gasteiger partial charge in [-0.05, 0) is 32.9 Å². The van der Waals surface area contributed by atoms with Crippen LogP contribution in [-0.2, 0) is 0 Å². The normalized spacial score (nSPS) is 20.3. The van der Waals surface area contributed by atoms with Crippen molar-refractivity contribution in [2.24, 2.45) is 0 Å². The topological polar surface area (TPSA) is 6.48 Å². The van der Waals surface area contributed by atoms with Crippen LogP contribution in [0.3, 0.4) is 0 Å². The van der Waals surface area contributed by atoms with Crippen LogP contribution in [0.1, 0.15) is 65.6 Å². The maximum absolute atomic E-state index is 2.64. The first-order valence-corrected chi connectivity index (χ1v) is 9.16. The Morgan fingerprint density at radius 1 is 1.14 bits per heavy atom. The highest BCUT2D eigenvalue weighted by Gasteiger charge is 2.27. The van der Waals surface area contributed by atoms with E-state index < -0.39 is 0 Å². The molecular formula is C20H38N2. The lowest BCUT2D eigenvalue weighted by Gasteiger charge is -2.43. The van der Waals surface area contributed by atoms with Crippen LogP contribution in [0.5, 0.6) is 0 Å². The van der Waals surface area contributed by atoms with Gasteiger partial charge in [-0.3, -0.25) is 4.90 Å². The summed E-state index contributed by atoms with van der Waals surface area (Å²) in [6, 6.07) is 10.1. The summed E-state index contributed by atoms with van der Waals surface area (Å²) in [5.41, 5.74) is 2.81. The SMILES string of the molecule is CC.CC.CCN1CCN([C@H](C)c2cccc(C)c2)[C@@H](C)C1. The fourth-order valence-electron chi connectivity index (χ4n) is 3.03. The molecule has 1 saturated heterocycles. The fourth-order valence-corrected chi connectivity index (χ4v) is 3.03. The van der Waals surface area contributed by atoms with Gasteiger partial charge in [0, 0.05) is 31.7 Å². The summed E-state index contributed by atoms with van der Waals surface area (Å²) >= 11 is 0. The molecule has 1 aromatic rings. The van der Waals surface area contributed by atoms with E-state index in [2.05, 4.69) is 61.8 Å². The number of nitrogens with zero attached hydrogens (tertiary/aromatic N) is 2. The molecule has 1 aliphatic heterocycles. The van der Waals surface area contributed by atoms with Crippen molar-refractivity contribution in [3.05, 3.63) is 35.4 Å². The van der Waals surface area contributed by atoms with Gasteiger partial charge in [0.2, 0.25) is 0 Å². The monoisotopic (exact) mass is 306 g/mol. The van der Waals surface area contributed by atoms with Gasteiger partial charge >= 0.3 is 0 Å². The quantitative estimate of drug-likeness (QED) is 0.763. The molecule has 0 spiro atoms. The molecule has 0 saturated carbocycles. The first kappa shape index (κ1) is 21.1. The van der Waals surface area contributed by atoms with E-state index >= 15 is 0 Å². The molecule has 128 valence electrons. The van der Waals surface area contributed by atoms with Crippen molar-refractivity contribution in [3.63, 3.8) is 0 Å². The predicted octanol–water partition coefficient (Wildman–Crippen LogP) is 5.13. The summed E-state index contributed by atoms with van der Waals surface area (Å²) in [5.74, 6) is 0. The molecule has 0 bridgehead atoms. The molecule has 0 aliphatic carbocycles. The minimum atomic E-state index is 0.527. The summed E-state index contributed by atoms with van der Waals surface area (Å²) in [5, 5.41) is 0. The van der Waals surface area contributed by atoms with Crippen LogP contribution in [0.2, 0.25) is 0 Å². The lowest BCUT2D eigenvalue weighted by Crippen LogP contribution is -2.52. The van der Waals surface area contributed by atoms with Crippen molar-refractivity contribution in [2.45, 2.75) is 67.5 Å². The van der Waals surface area contributed by atoms with E-state index in [1.165, 1.54) is 37.3 Å². The van der Waals surface area contributed by atoms with E-state index in [0.717, 1.165) is 0 Å². The van der Waals surface area contributed by atoms with Gasteiger partial charge in [-0.15, -0.1) is 0 Å². The third-order valence-corrected chi connectivity index (χ3v) is 4.23. The summed E-state index contributed by atoms with van der Waals surface area (Å²) < 4.78 is 0. The molecule has 0 amide bonds. The van der Waals surface area contributed by atoms with Gasteiger partial charge in [0.25, 0.3) is 0 Å². The summed E-state index contributed by atoms with van der Waals surface area (Å²) in [7, 11) is 0. The average Bonchev–Trinajstić information content (AvgIpc) is 2.57. The number of likely N-dealkylation sites (N-methyl/N-ethyl adjacent to an activating group) is 1. The van der Waals surface area contributed by atoms with E-state index in [-0.39, 0.29) is 0 Å². The molecule has 0 aromatic heterocycles. The van der Waals surface area contributed by atoms with Gasteiger partial charge in [-0.25, -0.2) is 0 Å². The van der Waals surface area contributed by atoms with Gasteiger partial charge in [-0.2, -0.15) is 0 Å². The Hall–Kier alpha value is -0.860. The van der Waals surface area contributed by atoms with Crippen molar-refractivity contribution >= 4 is 0 Å². The second kappa shape index (κ2) is 11.7. The smallest absolute Gasteiger partial charge is 0.0323 e. The standard InChI is InChI=1S/C16H26N2.2C2H6/c1-5-17-9-10-18(14(3)12-17)15(4)16-8-6-7-13(2)11-16;2*1-2/h6-8,11,14-15H,5,9-10,12H2,1-4H3;2*1-2H3/t14-,15+;;/m0../s1. The lowest BCUT2D eigenvalue weighted by atomic mass is 10.0. The van der Waals surface area contributed by atoms with Gasteiger partial charge in [0.1, 0.15) is 0 Å². The molecule has 0 N–H and O–H groups in total. The number of aryl methyl sites for hydroxylation is 1. The van der Waals surface area contributed by atoms with Crippen LogP contribution in [0.4, 0.5) is 0 Å². The Bertz CT molecular complexity index is 389. The van der Waals surface area contributed by atoms with Crippen LogP contribution < -0.4 is 0 Å². The number of rotatable bonds is 3. The highest BCUT2D eigenvalue weighted by Crippen LogP contribution is 2.25. The molecule has 22 heavy (non-hydrogen) atoms. The van der Waals surface area contributed by atoms with Crippen molar-refractivity contribution < 1.29 is 0 Å². The average molecular weight is 307 g/mol. The van der Waals surface area contributed by atoms with Crippen LogP contribution in [-0.4, -0.2) is 42.0 Å². The first-order chi connectivity index (χ1) is 10.6. The van der Waals surface area contributed by atoms with E-state index in [1.54, 1.807) is 0 Å². The fraction of sp³-hybridized carbons (Fsp3) is 0.700. The van der Waals surface area contributed by atoms with Gasteiger partial charge in [0.15, 0.2) is 0 Å². The second-order valence-corrected chi connectivity index (χ2v) is 5.57. The zero-order valence-electron chi connectivity index (χ0n) is 16.2. The van der Waals surface area contributed by atoms with E-state index in [9.17, 15) is 0 Å². The molecule has 2 atom stereocenters. The van der Waals surface area contributed by atoms with Crippen LogP contribution >= 0.6 is 0 Å². The Labute approximate surface area is 139 Å². The molecule has 1 fully saturated rings. The minimum Gasteiger partial charge on any atom is -0.301 e. The largest absolute Gasteiger partial charge is 0.301 e. The summed E-state index contributed by atoms with van der Waals surface area (Å²) in [6.45, 7) is 21.9.